The summed E-state index contributed by atoms with van der Waals surface area (Å²) in [4.78, 5) is 0. The van der Waals surface area contributed by atoms with Crippen molar-refractivity contribution in [1.82, 2.24) is 0 Å². The van der Waals surface area contributed by atoms with Crippen molar-refractivity contribution < 1.29 is 14.6 Å². The molecule has 0 radical (unpaired) electrons. The fourth-order valence-electron chi connectivity index (χ4n) is 2.74. The van der Waals surface area contributed by atoms with Gasteiger partial charge in [0.05, 0.1) is 13.2 Å². The van der Waals surface area contributed by atoms with E-state index in [1.165, 1.54) is 0 Å². The van der Waals surface area contributed by atoms with Gasteiger partial charge in [-0.1, -0.05) is 17.7 Å². The number of aliphatic hydroxyl groups excluding tert-OH is 1. The Balaban J connectivity index is 1.96. The van der Waals surface area contributed by atoms with E-state index in [0.29, 0.717) is 17.2 Å². The monoisotopic (exact) mass is 304 g/mol. The van der Waals surface area contributed by atoms with E-state index in [-0.39, 0.29) is 6.10 Å². The molecule has 0 saturated heterocycles. The zero-order chi connectivity index (χ0) is 15.0. The maximum Gasteiger partial charge on any atom is 0.129 e. The number of fused-ring (bicyclic) bond motifs is 1. The van der Waals surface area contributed by atoms with Crippen LogP contribution >= 0.6 is 11.6 Å². The molecule has 110 valence electrons. The van der Waals surface area contributed by atoms with Crippen molar-refractivity contribution in [2.45, 2.75) is 25.6 Å². The van der Waals surface area contributed by atoms with Gasteiger partial charge in [0.1, 0.15) is 17.6 Å². The molecule has 21 heavy (non-hydrogen) atoms. The van der Waals surface area contributed by atoms with Gasteiger partial charge in [0.15, 0.2) is 0 Å². The van der Waals surface area contributed by atoms with Crippen molar-refractivity contribution in [2.75, 3.05) is 7.11 Å². The molecule has 0 bridgehead atoms. The first-order chi connectivity index (χ1) is 10.1. The lowest BCUT2D eigenvalue weighted by Gasteiger charge is -2.31. The number of aliphatic hydroxyl groups is 1. The molecule has 1 aliphatic rings. The number of benzene rings is 2. The molecule has 0 spiro atoms. The highest BCUT2D eigenvalue weighted by Gasteiger charge is 2.29. The van der Waals surface area contributed by atoms with E-state index in [2.05, 4.69) is 0 Å². The van der Waals surface area contributed by atoms with Crippen LogP contribution in [0.4, 0.5) is 0 Å². The normalized spacial score (nSPS) is 20.6. The molecule has 2 aromatic rings. The largest absolute Gasteiger partial charge is 0.497 e. The smallest absolute Gasteiger partial charge is 0.129 e. The molecule has 0 aromatic heterocycles. The van der Waals surface area contributed by atoms with Crippen molar-refractivity contribution in [3.63, 3.8) is 0 Å². The van der Waals surface area contributed by atoms with E-state index in [4.69, 9.17) is 21.1 Å². The lowest BCUT2D eigenvalue weighted by atomic mass is 9.93. The fourth-order valence-corrected chi connectivity index (χ4v) is 2.97. The van der Waals surface area contributed by atoms with Gasteiger partial charge in [-0.2, -0.15) is 0 Å². The summed E-state index contributed by atoms with van der Waals surface area (Å²) in [6.07, 6.45) is -0.196. The average Bonchev–Trinajstić information content (AvgIpc) is 2.46. The molecule has 2 atom stereocenters. The fraction of sp³-hybridized carbons (Fsp3) is 0.294. The summed E-state index contributed by atoms with van der Waals surface area (Å²) >= 11 is 6.00. The zero-order valence-electron chi connectivity index (χ0n) is 12.0. The van der Waals surface area contributed by atoms with Crippen molar-refractivity contribution in [2.24, 2.45) is 0 Å². The van der Waals surface area contributed by atoms with Gasteiger partial charge in [0.2, 0.25) is 0 Å². The Morgan fingerprint density at radius 1 is 1.19 bits per heavy atom. The molecule has 0 saturated carbocycles. The maximum absolute atomic E-state index is 10.4. The summed E-state index contributed by atoms with van der Waals surface area (Å²) in [5.74, 6) is 1.39. The summed E-state index contributed by atoms with van der Waals surface area (Å²) in [5.41, 5.74) is 2.91. The summed E-state index contributed by atoms with van der Waals surface area (Å²) in [6, 6.07) is 11.2. The minimum Gasteiger partial charge on any atom is -0.497 e. The highest BCUT2D eigenvalue weighted by atomic mass is 35.5. The van der Waals surface area contributed by atoms with Crippen LogP contribution in [-0.4, -0.2) is 12.2 Å². The van der Waals surface area contributed by atoms with Crippen LogP contribution in [0.3, 0.4) is 0 Å². The average molecular weight is 305 g/mol. The van der Waals surface area contributed by atoms with E-state index in [0.717, 1.165) is 22.4 Å². The van der Waals surface area contributed by atoms with Crippen LogP contribution in [0, 0.1) is 6.92 Å². The Bertz CT molecular complexity index is 669. The van der Waals surface area contributed by atoms with Crippen molar-refractivity contribution in [3.8, 4) is 11.5 Å². The molecule has 4 heteroatoms. The van der Waals surface area contributed by atoms with Crippen molar-refractivity contribution in [1.29, 1.82) is 0 Å². The summed E-state index contributed by atoms with van der Waals surface area (Å²) in [6.45, 7) is 2.00. The molecule has 0 fully saturated rings. The molecule has 1 unspecified atom stereocenters. The molecular weight excluding hydrogens is 288 g/mol. The minimum atomic E-state index is -0.542. The quantitative estimate of drug-likeness (QED) is 0.903. The van der Waals surface area contributed by atoms with Crippen LogP contribution < -0.4 is 9.47 Å². The summed E-state index contributed by atoms with van der Waals surface area (Å²) < 4.78 is 11.3. The van der Waals surface area contributed by atoms with Gasteiger partial charge in [0, 0.05) is 23.1 Å². The van der Waals surface area contributed by atoms with Crippen LogP contribution in [0.2, 0.25) is 5.02 Å². The highest BCUT2D eigenvalue weighted by molar-refractivity contribution is 6.30. The lowest BCUT2D eigenvalue weighted by Crippen LogP contribution is -2.19. The van der Waals surface area contributed by atoms with Gasteiger partial charge in [-0.25, -0.2) is 0 Å². The van der Waals surface area contributed by atoms with E-state index < -0.39 is 6.10 Å². The molecule has 0 aliphatic carbocycles. The predicted molar refractivity (Wildman–Crippen MR) is 82.1 cm³/mol. The van der Waals surface area contributed by atoms with Gasteiger partial charge < -0.3 is 14.6 Å². The third-order valence-electron chi connectivity index (χ3n) is 3.87. The number of aryl methyl sites for hydroxylation is 1. The van der Waals surface area contributed by atoms with Gasteiger partial charge in [-0.05, 0) is 42.3 Å². The van der Waals surface area contributed by atoms with Crippen molar-refractivity contribution in [3.05, 3.63) is 58.1 Å². The standard InChI is InChI=1S/C17H17ClO3/c1-10-7-11(18)3-5-13(10)17-9-15(19)14-6-4-12(20-2)8-16(14)21-17/h3-8,15,17,19H,9H2,1-2H3/t15-,17?/m0/s1. The first kappa shape index (κ1) is 14.2. The minimum absolute atomic E-state index is 0.183. The van der Waals surface area contributed by atoms with Crippen LogP contribution in [0.1, 0.15) is 35.3 Å². The predicted octanol–water partition coefficient (Wildman–Crippen LogP) is 4.21. The van der Waals surface area contributed by atoms with Crippen LogP contribution in [0.15, 0.2) is 36.4 Å². The van der Waals surface area contributed by atoms with Crippen LogP contribution in [0.5, 0.6) is 11.5 Å². The summed E-state index contributed by atoms with van der Waals surface area (Å²) in [5, 5.41) is 11.1. The second-order valence-corrected chi connectivity index (χ2v) is 5.70. The number of rotatable bonds is 2. The van der Waals surface area contributed by atoms with Crippen LogP contribution in [0.25, 0.3) is 0 Å². The Kier molecular flexibility index (Phi) is 3.79. The first-order valence-corrected chi connectivity index (χ1v) is 7.25. The first-order valence-electron chi connectivity index (χ1n) is 6.87. The number of halogens is 1. The van der Waals surface area contributed by atoms with E-state index >= 15 is 0 Å². The number of hydrogen-bond donors (Lipinski definition) is 1. The SMILES string of the molecule is COc1ccc2c(c1)OC(c1ccc(Cl)cc1C)C[C@@H]2O. The maximum atomic E-state index is 10.4. The Hall–Kier alpha value is -1.71. The van der Waals surface area contributed by atoms with Crippen molar-refractivity contribution >= 4 is 11.6 Å². The van der Waals surface area contributed by atoms with E-state index in [1.54, 1.807) is 7.11 Å². The number of hydrogen-bond acceptors (Lipinski definition) is 3. The van der Waals surface area contributed by atoms with E-state index in [9.17, 15) is 5.11 Å². The highest BCUT2D eigenvalue weighted by Crippen LogP contribution is 2.43. The Labute approximate surface area is 129 Å². The lowest BCUT2D eigenvalue weighted by molar-refractivity contribution is 0.0652. The number of ether oxygens (including phenoxy) is 2. The van der Waals surface area contributed by atoms with Gasteiger partial charge in [-0.15, -0.1) is 0 Å². The zero-order valence-corrected chi connectivity index (χ0v) is 12.7. The molecule has 3 rings (SSSR count). The third kappa shape index (κ3) is 2.71. The molecular formula is C17H17ClO3. The number of methoxy groups -OCH3 is 1. The molecule has 3 nitrogen and oxygen atoms in total. The second kappa shape index (κ2) is 5.58. The van der Waals surface area contributed by atoms with Gasteiger partial charge in [-0.3, -0.25) is 0 Å². The third-order valence-corrected chi connectivity index (χ3v) is 4.10. The second-order valence-electron chi connectivity index (χ2n) is 5.26. The molecule has 2 aromatic carbocycles. The van der Waals surface area contributed by atoms with Crippen LogP contribution in [-0.2, 0) is 0 Å². The molecule has 1 aliphatic heterocycles. The molecule has 1 N–H and O–H groups in total. The summed E-state index contributed by atoms with van der Waals surface area (Å²) in [7, 11) is 1.61. The van der Waals surface area contributed by atoms with Gasteiger partial charge >= 0.3 is 0 Å². The molecule has 0 amide bonds. The van der Waals surface area contributed by atoms with E-state index in [1.807, 2.05) is 43.3 Å². The topological polar surface area (TPSA) is 38.7 Å². The Morgan fingerprint density at radius 2 is 1.95 bits per heavy atom. The Morgan fingerprint density at radius 3 is 2.67 bits per heavy atom. The molecule has 1 heterocycles. The van der Waals surface area contributed by atoms with Gasteiger partial charge in [0.25, 0.3) is 0 Å².